The molecule has 1 amide bonds. The van der Waals surface area contributed by atoms with Gasteiger partial charge in [0, 0.05) is 17.1 Å². The van der Waals surface area contributed by atoms with Gasteiger partial charge in [-0.15, -0.1) is 5.69 Å². The van der Waals surface area contributed by atoms with Crippen molar-refractivity contribution < 1.29 is 31.2 Å². The van der Waals surface area contributed by atoms with Crippen LogP contribution in [0.1, 0.15) is 29.5 Å². The Morgan fingerprint density at radius 1 is 1.03 bits per heavy atom. The predicted molar refractivity (Wildman–Crippen MR) is 131 cm³/mol. The molecule has 1 saturated heterocycles. The minimum atomic E-state index is -1.30. The number of hydrogen-bond donors (Lipinski definition) is 0. The smallest absolute Gasteiger partial charge is 0.625 e. The molecule has 1 fully saturated rings. The predicted octanol–water partition coefficient (Wildman–Crippen LogP) is 4.12. The Labute approximate surface area is 219 Å². The maximum absolute atomic E-state index is 13.3. The average Bonchev–Trinajstić information content (AvgIpc) is 3.30. The molecule has 3 aromatic carbocycles. The third-order valence-corrected chi connectivity index (χ3v) is 5.97. The fourth-order valence-corrected chi connectivity index (χ4v) is 4.35. The molecule has 35 heavy (non-hydrogen) atoms. The quantitative estimate of drug-likeness (QED) is 0.323. The van der Waals surface area contributed by atoms with E-state index >= 15 is 0 Å². The number of benzene rings is 3. The zero-order chi connectivity index (χ0) is 23.9. The number of carboxylic acid groups (broad SMARTS) is 1. The molecule has 0 saturated carbocycles. The van der Waals surface area contributed by atoms with E-state index in [9.17, 15) is 14.7 Å². The largest absolute Gasteiger partial charge is 3.00 e. The van der Waals surface area contributed by atoms with E-state index in [1.165, 1.54) is 0 Å². The van der Waals surface area contributed by atoms with Crippen LogP contribution in [-0.2, 0) is 32.6 Å². The van der Waals surface area contributed by atoms with E-state index < -0.39 is 12.5 Å². The molecule has 0 aromatic heterocycles. The van der Waals surface area contributed by atoms with Gasteiger partial charge in [-0.2, -0.15) is 0 Å². The summed E-state index contributed by atoms with van der Waals surface area (Å²) in [5, 5.41) is 16.0. The third kappa shape index (κ3) is 7.01. The topological polar surface area (TPSA) is 86.9 Å². The Morgan fingerprint density at radius 3 is 2.40 bits per heavy atom. The molecule has 0 bridgehead atoms. The molecule has 1 heterocycles. The van der Waals surface area contributed by atoms with Crippen molar-refractivity contribution >= 4 is 34.9 Å². The first kappa shape index (κ1) is 26.6. The van der Waals surface area contributed by atoms with Gasteiger partial charge < -0.3 is 20.0 Å². The van der Waals surface area contributed by atoms with Crippen LogP contribution in [0.2, 0.25) is 5.02 Å². The molecule has 1 aliphatic rings. The number of halogens is 1. The van der Waals surface area contributed by atoms with Crippen LogP contribution in [0.25, 0.3) is 5.32 Å². The summed E-state index contributed by atoms with van der Waals surface area (Å²) < 4.78 is 0. The second-order valence-electron chi connectivity index (χ2n) is 8.13. The zero-order valence-corrected chi connectivity index (χ0v) is 20.6. The number of carbonyl (C=O) groups excluding carboxylic acids is 2. The fraction of sp³-hybridized carbons (Fsp3) is 0.222. The van der Waals surface area contributed by atoms with Gasteiger partial charge in [-0.1, -0.05) is 78.3 Å². The number of aliphatic carboxylic acids is 1. The van der Waals surface area contributed by atoms with Crippen LogP contribution < -0.4 is 5.11 Å². The summed E-state index contributed by atoms with van der Waals surface area (Å²) in [6.07, 6.45) is 1.66. The summed E-state index contributed by atoms with van der Waals surface area (Å²) in [7, 11) is 0. The molecule has 181 valence electrons. The van der Waals surface area contributed by atoms with Crippen LogP contribution in [0.15, 0.2) is 83.9 Å². The first-order valence-electron chi connectivity index (χ1n) is 11.1. The molecule has 3 aromatic rings. The fourth-order valence-electron chi connectivity index (χ4n) is 4.17. The Bertz CT molecular complexity index is 1190. The van der Waals surface area contributed by atoms with Crippen molar-refractivity contribution in [1.29, 1.82) is 0 Å². The monoisotopic (exact) mass is 531 g/mol. The molecule has 0 aliphatic carbocycles. The van der Waals surface area contributed by atoms with Gasteiger partial charge in [-0.05, 0) is 42.6 Å². The number of aliphatic imine (C=N–C) groups is 1. The molecule has 8 heteroatoms. The van der Waals surface area contributed by atoms with E-state index in [4.69, 9.17) is 11.6 Å². The average molecular weight is 533 g/mol. The van der Waals surface area contributed by atoms with Crippen LogP contribution >= 0.6 is 11.6 Å². The van der Waals surface area contributed by atoms with Crippen molar-refractivity contribution in [3.8, 4) is 0 Å². The van der Waals surface area contributed by atoms with Crippen LogP contribution in [0.3, 0.4) is 0 Å². The van der Waals surface area contributed by atoms with Crippen LogP contribution in [0.5, 0.6) is 0 Å². The molecule has 1 atom stereocenters. The first-order chi connectivity index (χ1) is 16.5. The molecule has 0 spiro atoms. The van der Waals surface area contributed by atoms with E-state index in [2.05, 4.69) is 15.2 Å². The number of nitrogens with zero attached hydrogens (tertiary/aromatic N) is 3. The standard InChI is InChI=1S/C27H26ClN3O3.Ni/c28-21-13-14-23(22(16-21)26(29-17-25(32)33)20-10-5-2-6-11-20)30-27(34)24-12-7-15-31(24)18-19-8-3-1-4-9-19;/h1-6,8-11,13-14,16,24H,7,12,15,17-18H2,(H2,29,30,32,33,34);/q;+3/p-2/t24-;/m0./s1. The summed E-state index contributed by atoms with van der Waals surface area (Å²) in [4.78, 5) is 30.8. The molecule has 0 unspecified atom stereocenters. The van der Waals surface area contributed by atoms with Gasteiger partial charge in [0.05, 0.1) is 30.2 Å². The minimum absolute atomic E-state index is 0. The van der Waals surface area contributed by atoms with Crippen LogP contribution in [0.4, 0.5) is 5.69 Å². The van der Waals surface area contributed by atoms with Crippen molar-refractivity contribution in [2.75, 3.05) is 13.1 Å². The Hall–Kier alpha value is -2.99. The number of amides is 1. The number of rotatable bonds is 8. The molecular weight excluding hydrogens is 508 g/mol. The van der Waals surface area contributed by atoms with Crippen molar-refractivity contribution in [1.82, 2.24) is 4.90 Å². The van der Waals surface area contributed by atoms with Gasteiger partial charge in [0.1, 0.15) is 0 Å². The SMILES string of the molecule is O=C([O-])CN=C(c1ccccc1)c1cc(Cl)ccc1[N-]C(=O)[C@@H]1CCCN1Cc1ccccc1.[Ni+3]. The van der Waals surface area contributed by atoms with E-state index in [1.807, 2.05) is 60.7 Å². The van der Waals surface area contributed by atoms with E-state index in [0.29, 0.717) is 34.1 Å². The van der Waals surface area contributed by atoms with Gasteiger partial charge in [0.2, 0.25) is 0 Å². The van der Waals surface area contributed by atoms with E-state index in [-0.39, 0.29) is 28.4 Å². The molecule has 1 aliphatic heterocycles. The van der Waals surface area contributed by atoms with Gasteiger partial charge >= 0.3 is 16.5 Å². The number of carboxylic acids is 1. The first-order valence-corrected chi connectivity index (χ1v) is 11.5. The van der Waals surface area contributed by atoms with Crippen molar-refractivity contribution in [3.05, 3.63) is 106 Å². The Morgan fingerprint density at radius 2 is 1.71 bits per heavy atom. The summed E-state index contributed by atoms with van der Waals surface area (Å²) in [5.74, 6) is -1.53. The number of likely N-dealkylation sites (tertiary alicyclic amines) is 1. The second kappa shape index (κ2) is 12.6. The molecular formula is C27H24ClN3NiO3+. The van der Waals surface area contributed by atoms with E-state index in [0.717, 1.165) is 24.9 Å². The normalized spacial score (nSPS) is 15.9. The maximum Gasteiger partial charge on any atom is 3.00 e. The minimum Gasteiger partial charge on any atom is -0.625 e. The van der Waals surface area contributed by atoms with Crippen molar-refractivity contribution in [3.63, 3.8) is 0 Å². The van der Waals surface area contributed by atoms with Crippen molar-refractivity contribution in [2.45, 2.75) is 25.4 Å². The van der Waals surface area contributed by atoms with E-state index in [1.54, 1.807) is 18.2 Å². The van der Waals surface area contributed by atoms with Crippen LogP contribution in [0, 0.1) is 0 Å². The summed E-state index contributed by atoms with van der Waals surface area (Å²) in [6.45, 7) is 0.997. The molecule has 4 rings (SSSR count). The molecule has 0 N–H and O–H groups in total. The second-order valence-corrected chi connectivity index (χ2v) is 8.56. The van der Waals surface area contributed by atoms with Gasteiger partial charge in [-0.3, -0.25) is 9.89 Å². The molecule has 1 radical (unpaired) electrons. The van der Waals surface area contributed by atoms with Crippen LogP contribution in [-0.4, -0.2) is 41.6 Å². The number of carbonyl (C=O) groups is 2. The third-order valence-electron chi connectivity index (χ3n) is 5.74. The maximum atomic E-state index is 13.3. The van der Waals surface area contributed by atoms with Gasteiger partial charge in [0.25, 0.3) is 0 Å². The van der Waals surface area contributed by atoms with Gasteiger partial charge in [-0.25, -0.2) is 0 Å². The summed E-state index contributed by atoms with van der Waals surface area (Å²) >= 11 is 6.27. The summed E-state index contributed by atoms with van der Waals surface area (Å²) in [6, 6.07) is 23.9. The zero-order valence-electron chi connectivity index (χ0n) is 18.9. The number of hydrogen-bond acceptors (Lipinski definition) is 5. The Balaban J connectivity index is 0.00000342. The summed E-state index contributed by atoms with van der Waals surface area (Å²) in [5.41, 5.74) is 3.14. The van der Waals surface area contributed by atoms with Crippen molar-refractivity contribution in [2.24, 2.45) is 4.99 Å². The Kier molecular flexibility index (Phi) is 9.61. The van der Waals surface area contributed by atoms with Gasteiger partial charge in [0.15, 0.2) is 0 Å². The molecule has 6 nitrogen and oxygen atoms in total.